The van der Waals surface area contributed by atoms with Gasteiger partial charge in [-0.3, -0.25) is 0 Å². The minimum atomic E-state index is -1.10. The van der Waals surface area contributed by atoms with Crippen molar-refractivity contribution in [3.63, 3.8) is 0 Å². The van der Waals surface area contributed by atoms with Crippen LogP contribution in [0.25, 0.3) is 0 Å². The van der Waals surface area contributed by atoms with Crippen molar-refractivity contribution in [2.24, 2.45) is 11.8 Å². The smallest absolute Gasteiger partial charge is 0.187 e. The number of aliphatic hydroxyl groups excluding tert-OH is 3. The van der Waals surface area contributed by atoms with Gasteiger partial charge in [0.2, 0.25) is 0 Å². The van der Waals surface area contributed by atoms with E-state index >= 15 is 0 Å². The molecule has 0 amide bonds. The zero-order chi connectivity index (χ0) is 14.1. The highest BCUT2D eigenvalue weighted by Gasteiger charge is 2.46. The molecule has 0 aromatic carbocycles. The van der Waals surface area contributed by atoms with Crippen LogP contribution in [-0.4, -0.2) is 52.1 Å². The Labute approximate surface area is 109 Å². The molecule has 5 atom stereocenters. The molecule has 1 fully saturated rings. The molecule has 3 N–H and O–H groups in total. The second kappa shape index (κ2) is 5.84. The fourth-order valence-electron chi connectivity index (χ4n) is 2.39. The lowest BCUT2D eigenvalue weighted by atomic mass is 9.81. The molecule has 0 aromatic rings. The van der Waals surface area contributed by atoms with Crippen LogP contribution in [0, 0.1) is 11.8 Å². The summed E-state index contributed by atoms with van der Waals surface area (Å²) in [5.41, 5.74) is -0.490. The number of hydrogen-bond donors (Lipinski definition) is 3. The number of hydrogen-bond acceptors (Lipinski definition) is 5. The number of rotatable bonds is 3. The van der Waals surface area contributed by atoms with E-state index in [1.54, 1.807) is 0 Å². The summed E-state index contributed by atoms with van der Waals surface area (Å²) in [5, 5.41) is 29.6. The van der Waals surface area contributed by atoms with E-state index in [1.165, 1.54) is 0 Å². The average molecular weight is 262 g/mol. The Morgan fingerprint density at radius 1 is 1.17 bits per heavy atom. The van der Waals surface area contributed by atoms with Crippen LogP contribution in [0.15, 0.2) is 0 Å². The molecule has 0 spiro atoms. The molecular weight excluding hydrogens is 236 g/mol. The molecule has 0 bridgehead atoms. The van der Waals surface area contributed by atoms with E-state index in [-0.39, 0.29) is 18.4 Å². The molecule has 0 saturated carbocycles. The third kappa shape index (κ3) is 3.65. The molecular formula is C13H26O5. The van der Waals surface area contributed by atoms with Crippen LogP contribution >= 0.6 is 0 Å². The molecule has 1 aliphatic rings. The van der Waals surface area contributed by atoms with Crippen LogP contribution in [0.4, 0.5) is 0 Å². The second-order valence-corrected chi connectivity index (χ2v) is 6.26. The SMILES string of the molecule is CC(C)C1[C@@H](CO)O[C@H](OC(C)(C)C)[C@H](O)[C@H]1O. The Kier molecular flexibility index (Phi) is 5.14. The van der Waals surface area contributed by atoms with Crippen LogP contribution in [0.5, 0.6) is 0 Å². The molecule has 0 aromatic heterocycles. The fourth-order valence-corrected chi connectivity index (χ4v) is 2.39. The van der Waals surface area contributed by atoms with Gasteiger partial charge in [-0.15, -0.1) is 0 Å². The summed E-state index contributed by atoms with van der Waals surface area (Å²) >= 11 is 0. The van der Waals surface area contributed by atoms with Crippen LogP contribution in [0.2, 0.25) is 0 Å². The predicted molar refractivity (Wildman–Crippen MR) is 66.9 cm³/mol. The van der Waals surface area contributed by atoms with Crippen molar-refractivity contribution in [1.29, 1.82) is 0 Å². The second-order valence-electron chi connectivity index (χ2n) is 6.26. The highest BCUT2D eigenvalue weighted by molar-refractivity contribution is 4.91. The molecule has 1 rings (SSSR count). The zero-order valence-corrected chi connectivity index (χ0v) is 11.8. The first-order chi connectivity index (χ1) is 8.17. The molecule has 18 heavy (non-hydrogen) atoms. The monoisotopic (exact) mass is 262 g/mol. The van der Waals surface area contributed by atoms with E-state index in [9.17, 15) is 15.3 Å². The summed E-state index contributed by atoms with van der Waals surface area (Å²) in [6.45, 7) is 9.19. The number of aliphatic hydroxyl groups is 3. The Balaban J connectivity index is 2.82. The maximum Gasteiger partial charge on any atom is 0.187 e. The van der Waals surface area contributed by atoms with E-state index in [4.69, 9.17) is 9.47 Å². The lowest BCUT2D eigenvalue weighted by Gasteiger charge is -2.45. The zero-order valence-electron chi connectivity index (χ0n) is 11.8. The number of ether oxygens (including phenoxy) is 2. The molecule has 0 aliphatic carbocycles. The van der Waals surface area contributed by atoms with Gasteiger partial charge in [-0.2, -0.15) is 0 Å². The molecule has 1 saturated heterocycles. The molecule has 1 unspecified atom stereocenters. The summed E-state index contributed by atoms with van der Waals surface area (Å²) in [6.07, 6.45) is -3.48. The van der Waals surface area contributed by atoms with Gasteiger partial charge in [0.15, 0.2) is 6.29 Å². The van der Waals surface area contributed by atoms with Crippen molar-refractivity contribution in [3.05, 3.63) is 0 Å². The van der Waals surface area contributed by atoms with Gasteiger partial charge in [-0.1, -0.05) is 13.8 Å². The summed E-state index contributed by atoms with van der Waals surface area (Å²) in [7, 11) is 0. The van der Waals surface area contributed by atoms with Crippen molar-refractivity contribution in [1.82, 2.24) is 0 Å². The lowest BCUT2D eigenvalue weighted by molar-refractivity contribution is -0.316. The Hall–Kier alpha value is -0.200. The topological polar surface area (TPSA) is 79.2 Å². The van der Waals surface area contributed by atoms with Crippen LogP contribution < -0.4 is 0 Å². The van der Waals surface area contributed by atoms with Crippen molar-refractivity contribution < 1.29 is 24.8 Å². The Morgan fingerprint density at radius 3 is 2.11 bits per heavy atom. The third-order valence-corrected chi connectivity index (χ3v) is 3.18. The van der Waals surface area contributed by atoms with E-state index in [2.05, 4.69) is 0 Å². The Bertz CT molecular complexity index is 259. The minimum absolute atomic E-state index is 0.0994. The van der Waals surface area contributed by atoms with E-state index in [0.717, 1.165) is 0 Å². The van der Waals surface area contributed by atoms with Crippen molar-refractivity contribution in [2.75, 3.05) is 6.61 Å². The minimum Gasteiger partial charge on any atom is -0.394 e. The third-order valence-electron chi connectivity index (χ3n) is 3.18. The maximum absolute atomic E-state index is 10.2. The molecule has 1 aliphatic heterocycles. The first kappa shape index (κ1) is 15.9. The van der Waals surface area contributed by atoms with Gasteiger partial charge < -0.3 is 24.8 Å². The Morgan fingerprint density at radius 2 is 1.72 bits per heavy atom. The van der Waals surface area contributed by atoms with Crippen molar-refractivity contribution >= 4 is 0 Å². The molecule has 108 valence electrons. The average Bonchev–Trinajstić information content (AvgIpc) is 2.21. The van der Waals surface area contributed by atoms with Gasteiger partial charge in [0, 0.05) is 5.92 Å². The van der Waals surface area contributed by atoms with Crippen molar-refractivity contribution in [2.45, 2.75) is 64.8 Å². The quantitative estimate of drug-likeness (QED) is 0.691. The summed E-state index contributed by atoms with van der Waals surface area (Å²) in [4.78, 5) is 0. The van der Waals surface area contributed by atoms with Crippen molar-refractivity contribution in [3.8, 4) is 0 Å². The van der Waals surface area contributed by atoms with Gasteiger partial charge in [-0.05, 0) is 26.7 Å². The predicted octanol–water partition coefficient (Wildman–Crippen LogP) is 0.513. The maximum atomic E-state index is 10.2. The van der Waals surface area contributed by atoms with Gasteiger partial charge >= 0.3 is 0 Å². The molecule has 0 radical (unpaired) electrons. The van der Waals surface area contributed by atoms with Crippen LogP contribution in [0.1, 0.15) is 34.6 Å². The molecule has 5 nitrogen and oxygen atoms in total. The largest absolute Gasteiger partial charge is 0.394 e. The fraction of sp³-hybridized carbons (Fsp3) is 1.00. The van der Waals surface area contributed by atoms with E-state index in [1.807, 2.05) is 34.6 Å². The highest BCUT2D eigenvalue weighted by Crippen LogP contribution is 2.33. The first-order valence-corrected chi connectivity index (χ1v) is 6.47. The lowest BCUT2D eigenvalue weighted by Crippen LogP contribution is -2.58. The standard InChI is InChI=1S/C13H26O5/c1-7(2)9-8(6-14)17-12(11(16)10(9)15)18-13(3,4)5/h7-12,14-16H,6H2,1-5H3/t8-,9?,10+,11-,12-/m1/s1. The van der Waals surface area contributed by atoms with Gasteiger partial charge in [0.25, 0.3) is 0 Å². The summed E-state index contributed by atoms with van der Waals surface area (Å²) in [6, 6.07) is 0. The van der Waals surface area contributed by atoms with Crippen LogP contribution in [-0.2, 0) is 9.47 Å². The molecule has 1 heterocycles. The van der Waals surface area contributed by atoms with Gasteiger partial charge in [-0.25, -0.2) is 0 Å². The van der Waals surface area contributed by atoms with E-state index < -0.39 is 30.2 Å². The van der Waals surface area contributed by atoms with Gasteiger partial charge in [0.05, 0.1) is 24.4 Å². The normalized spacial score (nSPS) is 38.2. The molecule has 5 heteroatoms. The van der Waals surface area contributed by atoms with Crippen LogP contribution in [0.3, 0.4) is 0 Å². The van der Waals surface area contributed by atoms with Gasteiger partial charge in [0.1, 0.15) is 6.10 Å². The first-order valence-electron chi connectivity index (χ1n) is 6.47. The van der Waals surface area contributed by atoms with E-state index in [0.29, 0.717) is 0 Å². The highest BCUT2D eigenvalue weighted by atomic mass is 16.7. The summed E-state index contributed by atoms with van der Waals surface area (Å²) < 4.78 is 11.2. The summed E-state index contributed by atoms with van der Waals surface area (Å²) in [5.74, 6) is -0.202.